The number of hydrogen-bond donors (Lipinski definition) is 1. The summed E-state index contributed by atoms with van der Waals surface area (Å²) in [5.74, 6) is 0.293. The van der Waals surface area contributed by atoms with E-state index in [4.69, 9.17) is 0 Å². The highest BCUT2D eigenvalue weighted by atomic mass is 32.2. The van der Waals surface area contributed by atoms with Crippen LogP contribution in [0.25, 0.3) is 0 Å². The van der Waals surface area contributed by atoms with Gasteiger partial charge < -0.3 is 5.32 Å². The molecule has 4 rings (SSSR count). The predicted octanol–water partition coefficient (Wildman–Crippen LogP) is 4.09. The molecule has 5 nitrogen and oxygen atoms in total. The highest BCUT2D eigenvalue weighted by Gasteiger charge is 2.28. The minimum Gasteiger partial charge on any atom is -0.346 e. The lowest BCUT2D eigenvalue weighted by Crippen LogP contribution is -2.38. The average Bonchev–Trinajstić information content (AvgIpc) is 3.22. The molecule has 0 radical (unpaired) electrons. The van der Waals surface area contributed by atoms with E-state index in [1.165, 1.54) is 27.9 Å². The minimum absolute atomic E-state index is 0.146. The number of piperidine rings is 1. The number of sulfonamides is 1. The van der Waals surface area contributed by atoms with E-state index in [0.717, 1.165) is 31.2 Å². The maximum Gasteiger partial charge on any atom is 0.251 e. The number of carbonyl (C=O) groups is 1. The summed E-state index contributed by atoms with van der Waals surface area (Å²) in [6, 6.07) is 12.7. The van der Waals surface area contributed by atoms with Crippen molar-refractivity contribution in [3.63, 3.8) is 0 Å². The second-order valence-corrected chi connectivity index (χ2v) is 10.6. The zero-order valence-electron chi connectivity index (χ0n) is 17.7. The monoisotopic (exact) mass is 426 g/mol. The smallest absolute Gasteiger partial charge is 0.251 e. The number of aryl methyl sites for hydroxylation is 2. The van der Waals surface area contributed by atoms with E-state index in [1.807, 2.05) is 6.92 Å². The van der Waals surface area contributed by atoms with Crippen LogP contribution in [0.4, 0.5) is 0 Å². The second-order valence-electron chi connectivity index (χ2n) is 8.69. The predicted molar refractivity (Wildman–Crippen MR) is 118 cm³/mol. The maximum absolute atomic E-state index is 13.0. The molecule has 2 aromatic rings. The third-order valence-corrected chi connectivity index (χ3v) is 8.34. The Labute approximate surface area is 179 Å². The molecule has 1 saturated heterocycles. The van der Waals surface area contributed by atoms with Gasteiger partial charge >= 0.3 is 0 Å². The SMILES string of the molecule is CC1CCN(S(=O)(=O)c2cccc(C(=O)N[C@H](C)c3ccc4c(c3)CCC4)c2)CC1. The number of nitrogens with one attached hydrogen (secondary N) is 1. The number of fused-ring (bicyclic) bond motifs is 1. The molecule has 0 aromatic heterocycles. The Morgan fingerprint density at radius 3 is 2.57 bits per heavy atom. The normalized spacial score (nSPS) is 18.7. The molecule has 2 aliphatic rings. The summed E-state index contributed by atoms with van der Waals surface area (Å²) in [5, 5.41) is 3.02. The third-order valence-electron chi connectivity index (χ3n) is 6.45. The Kier molecular flexibility index (Phi) is 5.98. The van der Waals surface area contributed by atoms with Gasteiger partial charge in [-0.1, -0.05) is 31.2 Å². The Morgan fingerprint density at radius 2 is 1.80 bits per heavy atom. The average molecular weight is 427 g/mol. The van der Waals surface area contributed by atoms with E-state index in [0.29, 0.717) is 24.6 Å². The van der Waals surface area contributed by atoms with Crippen molar-refractivity contribution in [1.82, 2.24) is 9.62 Å². The van der Waals surface area contributed by atoms with Crippen LogP contribution in [0.3, 0.4) is 0 Å². The van der Waals surface area contributed by atoms with Gasteiger partial charge in [-0.2, -0.15) is 4.31 Å². The Morgan fingerprint density at radius 1 is 1.07 bits per heavy atom. The molecule has 160 valence electrons. The third kappa shape index (κ3) is 4.30. The van der Waals surface area contributed by atoms with E-state index in [1.54, 1.807) is 18.2 Å². The minimum atomic E-state index is -3.58. The number of rotatable bonds is 5. The van der Waals surface area contributed by atoms with Gasteiger partial charge in [0.15, 0.2) is 0 Å². The Hall–Kier alpha value is -2.18. The van der Waals surface area contributed by atoms with Crippen molar-refractivity contribution < 1.29 is 13.2 Å². The summed E-state index contributed by atoms with van der Waals surface area (Å²) in [6.07, 6.45) is 5.17. The molecule has 1 atom stereocenters. The van der Waals surface area contributed by atoms with Gasteiger partial charge in [-0.25, -0.2) is 8.42 Å². The van der Waals surface area contributed by atoms with Crippen molar-refractivity contribution in [2.75, 3.05) is 13.1 Å². The molecule has 1 aliphatic carbocycles. The molecule has 0 spiro atoms. The Balaban J connectivity index is 1.48. The molecule has 1 heterocycles. The Bertz CT molecular complexity index is 1040. The van der Waals surface area contributed by atoms with Gasteiger partial charge in [-0.05, 0) is 79.8 Å². The number of hydrogen-bond acceptors (Lipinski definition) is 3. The lowest BCUT2D eigenvalue weighted by molar-refractivity contribution is 0.0939. The lowest BCUT2D eigenvalue weighted by Gasteiger charge is -2.29. The van der Waals surface area contributed by atoms with Crippen LogP contribution in [0.1, 0.15) is 66.2 Å². The van der Waals surface area contributed by atoms with Gasteiger partial charge in [-0.3, -0.25) is 4.79 Å². The molecule has 6 heteroatoms. The molecule has 1 N–H and O–H groups in total. The topological polar surface area (TPSA) is 66.5 Å². The van der Waals surface area contributed by atoms with Gasteiger partial charge in [0.05, 0.1) is 10.9 Å². The molecule has 0 unspecified atom stereocenters. The van der Waals surface area contributed by atoms with Crippen LogP contribution in [0.2, 0.25) is 0 Å². The maximum atomic E-state index is 13.0. The van der Waals surface area contributed by atoms with Crippen LogP contribution in [-0.4, -0.2) is 31.7 Å². The number of amides is 1. The summed E-state index contributed by atoms with van der Waals surface area (Å²) < 4.78 is 27.6. The highest BCUT2D eigenvalue weighted by molar-refractivity contribution is 7.89. The van der Waals surface area contributed by atoms with Crippen LogP contribution in [0.5, 0.6) is 0 Å². The van der Waals surface area contributed by atoms with Crippen molar-refractivity contribution in [2.24, 2.45) is 5.92 Å². The van der Waals surface area contributed by atoms with Gasteiger partial charge in [0.1, 0.15) is 0 Å². The summed E-state index contributed by atoms with van der Waals surface area (Å²) in [6.45, 7) is 5.19. The first-order valence-corrected chi connectivity index (χ1v) is 12.3. The molecule has 1 amide bonds. The van der Waals surface area contributed by atoms with E-state index >= 15 is 0 Å². The zero-order chi connectivity index (χ0) is 21.3. The van der Waals surface area contributed by atoms with Crippen LogP contribution >= 0.6 is 0 Å². The van der Waals surface area contributed by atoms with Crippen molar-refractivity contribution in [3.8, 4) is 0 Å². The summed E-state index contributed by atoms with van der Waals surface area (Å²) in [7, 11) is -3.58. The molecule has 30 heavy (non-hydrogen) atoms. The molecule has 2 aromatic carbocycles. The fraction of sp³-hybridized carbons (Fsp3) is 0.458. The summed E-state index contributed by atoms with van der Waals surface area (Å²) in [4.78, 5) is 13.0. The molecule has 1 aliphatic heterocycles. The highest BCUT2D eigenvalue weighted by Crippen LogP contribution is 2.26. The number of nitrogens with zero attached hydrogens (tertiary/aromatic N) is 1. The first-order valence-electron chi connectivity index (χ1n) is 10.9. The van der Waals surface area contributed by atoms with Gasteiger partial charge in [0, 0.05) is 18.7 Å². The molecule has 1 fully saturated rings. The standard InChI is InChI=1S/C24H30N2O3S/c1-17-11-13-26(14-12-17)30(28,29)23-8-4-7-22(16-23)24(27)25-18(2)20-10-9-19-5-3-6-21(19)15-20/h4,7-10,15-18H,3,5-6,11-14H2,1-2H3,(H,25,27)/t18-/m1/s1. The van der Waals surface area contributed by atoms with Crippen LogP contribution in [0.15, 0.2) is 47.4 Å². The second kappa shape index (κ2) is 8.52. The van der Waals surface area contributed by atoms with Crippen molar-refractivity contribution >= 4 is 15.9 Å². The van der Waals surface area contributed by atoms with E-state index in [2.05, 4.69) is 30.4 Å². The van der Waals surface area contributed by atoms with Crippen LogP contribution < -0.4 is 5.32 Å². The van der Waals surface area contributed by atoms with Gasteiger partial charge in [0.25, 0.3) is 5.91 Å². The van der Waals surface area contributed by atoms with E-state index in [-0.39, 0.29) is 16.8 Å². The van der Waals surface area contributed by atoms with Crippen LogP contribution in [0, 0.1) is 5.92 Å². The van der Waals surface area contributed by atoms with Crippen LogP contribution in [-0.2, 0) is 22.9 Å². The molecular weight excluding hydrogens is 396 g/mol. The largest absolute Gasteiger partial charge is 0.346 e. The molecule has 0 bridgehead atoms. The van der Waals surface area contributed by atoms with Crippen molar-refractivity contribution in [1.29, 1.82) is 0 Å². The van der Waals surface area contributed by atoms with Crippen molar-refractivity contribution in [3.05, 3.63) is 64.7 Å². The van der Waals surface area contributed by atoms with Gasteiger partial charge in [0.2, 0.25) is 10.0 Å². The number of benzene rings is 2. The van der Waals surface area contributed by atoms with E-state index < -0.39 is 10.0 Å². The zero-order valence-corrected chi connectivity index (χ0v) is 18.5. The summed E-state index contributed by atoms with van der Waals surface area (Å²) in [5.41, 5.74) is 4.23. The fourth-order valence-corrected chi connectivity index (χ4v) is 5.91. The van der Waals surface area contributed by atoms with E-state index in [9.17, 15) is 13.2 Å². The fourth-order valence-electron chi connectivity index (χ4n) is 4.40. The first kappa shape index (κ1) is 21.1. The quantitative estimate of drug-likeness (QED) is 0.783. The van der Waals surface area contributed by atoms with Gasteiger partial charge in [-0.15, -0.1) is 0 Å². The van der Waals surface area contributed by atoms with Crippen molar-refractivity contribution in [2.45, 2.75) is 56.9 Å². The first-order chi connectivity index (χ1) is 14.3. The molecule has 0 saturated carbocycles. The lowest BCUT2D eigenvalue weighted by atomic mass is 10.0. The molecular formula is C24H30N2O3S. The number of carbonyl (C=O) groups excluding carboxylic acids is 1. The summed E-state index contributed by atoms with van der Waals surface area (Å²) >= 11 is 0.